The van der Waals surface area contributed by atoms with E-state index in [1.807, 2.05) is 34.9 Å². The first kappa shape index (κ1) is 13.0. The number of para-hydroxylation sites is 2. The van der Waals surface area contributed by atoms with Gasteiger partial charge in [-0.1, -0.05) is 23.7 Å². The van der Waals surface area contributed by atoms with Gasteiger partial charge in [-0.15, -0.1) is 0 Å². The van der Waals surface area contributed by atoms with Crippen molar-refractivity contribution in [3.63, 3.8) is 0 Å². The van der Waals surface area contributed by atoms with Gasteiger partial charge in [0.15, 0.2) is 11.5 Å². The molecule has 22 heavy (non-hydrogen) atoms. The van der Waals surface area contributed by atoms with Gasteiger partial charge in [0.25, 0.3) is 0 Å². The van der Waals surface area contributed by atoms with E-state index in [0.29, 0.717) is 17.2 Å². The molecule has 0 spiro atoms. The number of halogens is 2. The predicted molar refractivity (Wildman–Crippen MR) is 85.2 cm³/mol. The Morgan fingerprint density at radius 3 is 2.86 bits per heavy atom. The number of hydrogen-bond acceptors (Lipinski definition) is 3. The maximum absolute atomic E-state index is 13.3. The molecule has 1 N–H and O–H groups in total. The van der Waals surface area contributed by atoms with Crippen molar-refractivity contribution in [3.05, 3.63) is 65.7 Å². The standard InChI is InChI=1S/C16H10ClFN4/c17-11-9-10(5-6-12(11)18)20-15-16-19-7-8-22(16)14-4-2-1-3-13(14)21-15/h1-9H,(H,20,21). The summed E-state index contributed by atoms with van der Waals surface area (Å²) in [4.78, 5) is 8.93. The molecule has 0 unspecified atom stereocenters. The molecule has 108 valence electrons. The van der Waals surface area contributed by atoms with Crippen LogP contribution in [0.2, 0.25) is 5.02 Å². The number of nitrogens with one attached hydrogen (secondary N) is 1. The molecule has 4 rings (SSSR count). The van der Waals surface area contributed by atoms with Crippen molar-refractivity contribution in [1.82, 2.24) is 14.4 Å². The van der Waals surface area contributed by atoms with Crippen LogP contribution in [-0.2, 0) is 0 Å². The molecule has 0 aliphatic rings. The summed E-state index contributed by atoms with van der Waals surface area (Å²) in [5.74, 6) is 0.135. The van der Waals surface area contributed by atoms with Gasteiger partial charge in [-0.25, -0.2) is 14.4 Å². The number of benzene rings is 2. The van der Waals surface area contributed by atoms with Crippen LogP contribution in [0, 0.1) is 5.82 Å². The normalized spacial score (nSPS) is 11.2. The molecule has 0 amide bonds. The average molecular weight is 313 g/mol. The topological polar surface area (TPSA) is 42.2 Å². The van der Waals surface area contributed by atoms with Gasteiger partial charge < -0.3 is 5.32 Å². The zero-order chi connectivity index (χ0) is 15.1. The minimum atomic E-state index is -0.454. The molecule has 4 nitrogen and oxygen atoms in total. The Morgan fingerprint density at radius 1 is 1.14 bits per heavy atom. The fourth-order valence-electron chi connectivity index (χ4n) is 2.40. The SMILES string of the molecule is Fc1ccc(Nc2nc3ccccc3n3ccnc23)cc1Cl. The summed E-state index contributed by atoms with van der Waals surface area (Å²) < 4.78 is 15.2. The number of imidazole rings is 1. The Bertz CT molecular complexity index is 996. The summed E-state index contributed by atoms with van der Waals surface area (Å²) in [6, 6.07) is 12.2. The van der Waals surface area contributed by atoms with Crippen LogP contribution in [-0.4, -0.2) is 14.4 Å². The third-order valence-electron chi connectivity index (χ3n) is 3.41. The molecule has 6 heteroatoms. The molecule has 0 fully saturated rings. The first-order chi connectivity index (χ1) is 10.7. The highest BCUT2D eigenvalue weighted by molar-refractivity contribution is 6.31. The Morgan fingerprint density at radius 2 is 2.00 bits per heavy atom. The van der Waals surface area contributed by atoms with Gasteiger partial charge >= 0.3 is 0 Å². The van der Waals surface area contributed by atoms with E-state index in [1.54, 1.807) is 12.3 Å². The van der Waals surface area contributed by atoms with E-state index in [1.165, 1.54) is 12.1 Å². The first-order valence-electron chi connectivity index (χ1n) is 6.66. The van der Waals surface area contributed by atoms with Gasteiger partial charge in [-0.3, -0.25) is 4.40 Å². The van der Waals surface area contributed by atoms with Gasteiger partial charge in [0.05, 0.1) is 16.1 Å². The van der Waals surface area contributed by atoms with Crippen molar-refractivity contribution in [3.8, 4) is 0 Å². The first-order valence-corrected chi connectivity index (χ1v) is 7.04. The third-order valence-corrected chi connectivity index (χ3v) is 3.70. The molecule has 0 aliphatic carbocycles. The average Bonchev–Trinajstić information content (AvgIpc) is 3.01. The molecule has 2 heterocycles. The van der Waals surface area contributed by atoms with Gasteiger partial charge in [-0.05, 0) is 30.3 Å². The molecular formula is C16H10ClFN4. The highest BCUT2D eigenvalue weighted by Crippen LogP contribution is 2.26. The van der Waals surface area contributed by atoms with Crippen LogP contribution in [0.25, 0.3) is 16.7 Å². The summed E-state index contributed by atoms with van der Waals surface area (Å²) in [6.07, 6.45) is 3.59. The van der Waals surface area contributed by atoms with Crippen LogP contribution >= 0.6 is 11.6 Å². The van der Waals surface area contributed by atoms with Crippen molar-refractivity contribution >= 4 is 39.8 Å². The quantitative estimate of drug-likeness (QED) is 0.596. The summed E-state index contributed by atoms with van der Waals surface area (Å²) >= 11 is 5.82. The maximum atomic E-state index is 13.3. The van der Waals surface area contributed by atoms with Crippen LogP contribution in [0.5, 0.6) is 0 Å². The van der Waals surface area contributed by atoms with Crippen LogP contribution in [0.4, 0.5) is 15.9 Å². The molecule has 0 atom stereocenters. The van der Waals surface area contributed by atoms with Gasteiger partial charge in [0.2, 0.25) is 0 Å². The molecule has 0 radical (unpaired) electrons. The lowest BCUT2D eigenvalue weighted by Gasteiger charge is -2.10. The van der Waals surface area contributed by atoms with E-state index < -0.39 is 5.82 Å². The second-order valence-electron chi connectivity index (χ2n) is 4.82. The lowest BCUT2D eigenvalue weighted by Crippen LogP contribution is -2.00. The summed E-state index contributed by atoms with van der Waals surface area (Å²) in [6.45, 7) is 0. The number of anilines is 2. The molecule has 0 saturated heterocycles. The largest absolute Gasteiger partial charge is 0.337 e. The van der Waals surface area contributed by atoms with Gasteiger partial charge in [-0.2, -0.15) is 0 Å². The molecule has 0 aliphatic heterocycles. The zero-order valence-electron chi connectivity index (χ0n) is 11.3. The van der Waals surface area contributed by atoms with Crippen molar-refractivity contribution in [2.75, 3.05) is 5.32 Å². The summed E-state index contributed by atoms with van der Waals surface area (Å²) in [7, 11) is 0. The van der Waals surface area contributed by atoms with Crippen LogP contribution in [0.15, 0.2) is 54.9 Å². The molecule has 2 aromatic heterocycles. The Balaban J connectivity index is 1.89. The lowest BCUT2D eigenvalue weighted by molar-refractivity contribution is 0.628. The van der Waals surface area contributed by atoms with Crippen molar-refractivity contribution in [2.24, 2.45) is 0 Å². The van der Waals surface area contributed by atoms with Gasteiger partial charge in [0.1, 0.15) is 5.82 Å². The van der Waals surface area contributed by atoms with E-state index in [4.69, 9.17) is 11.6 Å². The third kappa shape index (κ3) is 2.07. The van der Waals surface area contributed by atoms with Crippen molar-refractivity contribution < 1.29 is 4.39 Å². The van der Waals surface area contributed by atoms with Crippen LogP contribution in [0.1, 0.15) is 0 Å². The van der Waals surface area contributed by atoms with E-state index in [2.05, 4.69) is 15.3 Å². The monoisotopic (exact) mass is 312 g/mol. The van der Waals surface area contributed by atoms with Crippen LogP contribution < -0.4 is 5.32 Å². The number of aromatic nitrogens is 3. The fraction of sp³-hybridized carbons (Fsp3) is 0. The Hall–Kier alpha value is -2.66. The predicted octanol–water partition coefficient (Wildman–Crippen LogP) is 4.42. The number of hydrogen-bond donors (Lipinski definition) is 1. The molecule has 4 aromatic rings. The zero-order valence-corrected chi connectivity index (χ0v) is 12.0. The molecule has 0 saturated carbocycles. The molecule has 0 bridgehead atoms. The second kappa shape index (κ2) is 4.96. The van der Waals surface area contributed by atoms with Crippen molar-refractivity contribution in [1.29, 1.82) is 0 Å². The lowest BCUT2D eigenvalue weighted by atomic mass is 10.3. The smallest absolute Gasteiger partial charge is 0.180 e. The number of nitrogens with zero attached hydrogens (tertiary/aromatic N) is 3. The van der Waals surface area contributed by atoms with E-state index in [-0.39, 0.29) is 5.02 Å². The molecular weight excluding hydrogens is 303 g/mol. The highest BCUT2D eigenvalue weighted by atomic mass is 35.5. The Kier molecular flexibility index (Phi) is 2.94. The molecule has 2 aromatic carbocycles. The van der Waals surface area contributed by atoms with E-state index in [0.717, 1.165) is 11.0 Å². The highest BCUT2D eigenvalue weighted by Gasteiger charge is 2.10. The number of fused-ring (bicyclic) bond motifs is 3. The van der Waals surface area contributed by atoms with Gasteiger partial charge in [0, 0.05) is 18.1 Å². The Labute approximate surface area is 130 Å². The fourth-order valence-corrected chi connectivity index (χ4v) is 2.58. The maximum Gasteiger partial charge on any atom is 0.180 e. The van der Waals surface area contributed by atoms with E-state index >= 15 is 0 Å². The number of rotatable bonds is 2. The minimum Gasteiger partial charge on any atom is -0.337 e. The second-order valence-corrected chi connectivity index (χ2v) is 5.23. The minimum absolute atomic E-state index is 0.0603. The summed E-state index contributed by atoms with van der Waals surface area (Å²) in [5, 5.41) is 3.21. The van der Waals surface area contributed by atoms with Crippen molar-refractivity contribution in [2.45, 2.75) is 0 Å². The van der Waals surface area contributed by atoms with Crippen LogP contribution in [0.3, 0.4) is 0 Å². The van der Waals surface area contributed by atoms with E-state index in [9.17, 15) is 4.39 Å². The summed E-state index contributed by atoms with van der Waals surface area (Å²) in [5.41, 5.74) is 3.15.